The van der Waals surface area contributed by atoms with Gasteiger partial charge in [-0.15, -0.1) is 0 Å². The molecule has 2 heterocycles. The molecule has 0 amide bonds. The van der Waals surface area contributed by atoms with Crippen LogP contribution in [0, 0.1) is 0 Å². The second-order valence-corrected chi connectivity index (χ2v) is 13.5. The van der Waals surface area contributed by atoms with E-state index in [9.17, 15) is 14.4 Å². The molecule has 0 saturated carbocycles. The number of allylic oxidation sites excluding steroid dienone is 1. The topological polar surface area (TPSA) is 124 Å². The third-order valence-electron chi connectivity index (χ3n) is 8.50. The van der Waals surface area contributed by atoms with Crippen LogP contribution >= 0.6 is 22.9 Å². The number of fused-ring (bicyclic) bond motifs is 2. The Morgan fingerprint density at radius 3 is 2.37 bits per heavy atom. The van der Waals surface area contributed by atoms with E-state index in [1.807, 2.05) is 25.1 Å². The fourth-order valence-corrected chi connectivity index (χ4v) is 7.41. The number of ether oxygens (including phenoxy) is 6. The van der Waals surface area contributed by atoms with Crippen molar-refractivity contribution in [2.24, 2.45) is 4.99 Å². The van der Waals surface area contributed by atoms with E-state index in [1.165, 1.54) is 23.0 Å². The first-order valence-electron chi connectivity index (χ1n) is 17.4. The minimum Gasteiger partial charge on any atom is -0.490 e. The van der Waals surface area contributed by atoms with Crippen LogP contribution in [0.4, 0.5) is 0 Å². The van der Waals surface area contributed by atoms with E-state index >= 15 is 0 Å². The molecule has 0 bridgehead atoms. The molecule has 0 N–H and O–H groups in total. The molecule has 0 radical (unpaired) electrons. The summed E-state index contributed by atoms with van der Waals surface area (Å²) >= 11 is 7.99. The van der Waals surface area contributed by atoms with E-state index in [1.54, 1.807) is 57.2 Å². The van der Waals surface area contributed by atoms with Gasteiger partial charge in [-0.05, 0) is 91.6 Å². The largest absolute Gasteiger partial charge is 0.490 e. The number of carbonyl (C=O) groups excluding carboxylic acids is 2. The lowest BCUT2D eigenvalue weighted by Crippen LogP contribution is -2.40. The van der Waals surface area contributed by atoms with Crippen LogP contribution in [-0.2, 0) is 25.7 Å². The molecular weight excluding hydrogens is 732 g/mol. The lowest BCUT2D eigenvalue weighted by atomic mass is 9.95. The summed E-state index contributed by atoms with van der Waals surface area (Å²) in [5, 5.41) is 2.56. The van der Waals surface area contributed by atoms with Crippen molar-refractivity contribution in [3.05, 3.63) is 125 Å². The molecule has 0 fully saturated rings. The Morgan fingerprint density at radius 1 is 0.870 bits per heavy atom. The minimum absolute atomic E-state index is 0.127. The summed E-state index contributed by atoms with van der Waals surface area (Å²) in [6.07, 6.45) is 1.71. The van der Waals surface area contributed by atoms with Crippen LogP contribution in [0.5, 0.6) is 23.0 Å². The second-order valence-electron chi connectivity index (χ2n) is 12.0. The molecule has 13 heteroatoms. The van der Waals surface area contributed by atoms with Crippen molar-refractivity contribution in [2.45, 2.75) is 40.3 Å². The number of hydrogen-bond donors (Lipinski definition) is 0. The van der Waals surface area contributed by atoms with Crippen LogP contribution in [0.2, 0.25) is 5.02 Å². The third-order valence-corrected chi connectivity index (χ3v) is 9.76. The predicted molar refractivity (Wildman–Crippen MR) is 206 cm³/mol. The van der Waals surface area contributed by atoms with E-state index in [0.717, 1.165) is 16.3 Å². The third kappa shape index (κ3) is 8.14. The van der Waals surface area contributed by atoms with Gasteiger partial charge in [0.15, 0.2) is 34.4 Å². The summed E-state index contributed by atoms with van der Waals surface area (Å²) in [5.41, 5.74) is 2.36. The summed E-state index contributed by atoms with van der Waals surface area (Å²) in [7, 11) is 1.27. The fourth-order valence-electron chi connectivity index (χ4n) is 6.09. The Hall–Kier alpha value is -5.59. The normalized spacial score (nSPS) is 14.0. The molecule has 6 rings (SSSR count). The Morgan fingerprint density at radius 2 is 1.63 bits per heavy atom. The van der Waals surface area contributed by atoms with E-state index < -0.39 is 18.0 Å². The van der Waals surface area contributed by atoms with Gasteiger partial charge in [-0.1, -0.05) is 65.4 Å². The fraction of sp³-hybridized carbons (Fsp3) is 0.268. The summed E-state index contributed by atoms with van der Waals surface area (Å²) in [5.74, 6) is 0.276. The number of nitrogens with zero attached hydrogens (tertiary/aromatic N) is 2. The number of hydrogen-bond acceptors (Lipinski definition) is 11. The Labute approximate surface area is 320 Å². The maximum atomic E-state index is 14.3. The van der Waals surface area contributed by atoms with Gasteiger partial charge in [0.25, 0.3) is 5.56 Å². The minimum atomic E-state index is -0.912. The monoisotopic (exact) mass is 770 g/mol. The molecule has 1 aliphatic rings. The van der Waals surface area contributed by atoms with Gasteiger partial charge < -0.3 is 28.4 Å². The van der Waals surface area contributed by atoms with E-state index in [4.69, 9.17) is 40.0 Å². The summed E-state index contributed by atoms with van der Waals surface area (Å²) in [6, 6.07) is 21.8. The summed E-state index contributed by atoms with van der Waals surface area (Å²) < 4.78 is 35.7. The number of rotatable bonds is 14. The average molecular weight is 771 g/mol. The van der Waals surface area contributed by atoms with E-state index in [0.29, 0.717) is 67.4 Å². The molecule has 1 aromatic heterocycles. The Balaban J connectivity index is 1.40. The van der Waals surface area contributed by atoms with Gasteiger partial charge in [0.05, 0.1) is 53.8 Å². The number of benzene rings is 4. The quantitative estimate of drug-likeness (QED) is 0.116. The first kappa shape index (κ1) is 38.1. The zero-order valence-corrected chi connectivity index (χ0v) is 32.0. The van der Waals surface area contributed by atoms with Crippen molar-refractivity contribution in [1.82, 2.24) is 4.57 Å². The Kier molecular flexibility index (Phi) is 12.0. The van der Waals surface area contributed by atoms with E-state index in [-0.39, 0.29) is 31.0 Å². The molecule has 11 nitrogen and oxygen atoms in total. The maximum absolute atomic E-state index is 14.3. The van der Waals surface area contributed by atoms with Crippen LogP contribution < -0.4 is 33.8 Å². The van der Waals surface area contributed by atoms with E-state index in [2.05, 4.69) is 29.3 Å². The average Bonchev–Trinajstić information content (AvgIpc) is 3.46. The zero-order chi connectivity index (χ0) is 38.4. The smallest absolute Gasteiger partial charge is 0.343 e. The number of carbonyl (C=O) groups is 2. The van der Waals surface area contributed by atoms with Crippen molar-refractivity contribution >= 4 is 51.7 Å². The van der Waals surface area contributed by atoms with Crippen molar-refractivity contribution in [1.29, 1.82) is 0 Å². The van der Waals surface area contributed by atoms with Crippen molar-refractivity contribution in [3.63, 3.8) is 0 Å². The molecule has 280 valence electrons. The highest BCUT2D eigenvalue weighted by Gasteiger charge is 2.34. The maximum Gasteiger partial charge on any atom is 0.343 e. The molecule has 1 atom stereocenters. The van der Waals surface area contributed by atoms with Crippen molar-refractivity contribution < 1.29 is 38.0 Å². The first-order chi connectivity index (χ1) is 26.1. The number of esters is 2. The lowest BCUT2D eigenvalue weighted by Gasteiger charge is -2.25. The van der Waals surface area contributed by atoms with Crippen LogP contribution in [0.1, 0.15) is 50.4 Å². The molecule has 0 unspecified atom stereocenters. The molecule has 0 aliphatic carbocycles. The van der Waals surface area contributed by atoms with Gasteiger partial charge in [0.1, 0.15) is 6.61 Å². The standard InChI is InChI=1S/C41H39ClN2O9S/c1-6-49-32-21-29(15-16-31(32)52-23-35(45)48-5)37-36(40(47)51-8-3)24(4)43-41-44(37)39(46)34(54-41)20-26-18-30(42)38(33(19-26)50-7-2)53-22-25-13-14-27-11-9-10-12-28(27)17-25/h9-21,37H,6-8,22-23H2,1-5H3/b34-20-/t37-/m0/s1. The van der Waals surface area contributed by atoms with Gasteiger partial charge >= 0.3 is 11.9 Å². The zero-order valence-electron chi connectivity index (χ0n) is 30.5. The summed E-state index contributed by atoms with van der Waals surface area (Å²) in [4.78, 5) is 44.7. The molecule has 4 aromatic carbocycles. The second kappa shape index (κ2) is 17.0. The van der Waals surface area contributed by atoms with Crippen LogP contribution in [0.25, 0.3) is 16.8 Å². The van der Waals surface area contributed by atoms with Crippen molar-refractivity contribution in [3.8, 4) is 23.0 Å². The lowest BCUT2D eigenvalue weighted by molar-refractivity contribution is -0.143. The number of thiazole rings is 1. The van der Waals surface area contributed by atoms with Crippen LogP contribution in [0.3, 0.4) is 0 Å². The molecule has 1 aliphatic heterocycles. The highest BCUT2D eigenvalue weighted by atomic mass is 35.5. The Bertz CT molecular complexity index is 2440. The highest BCUT2D eigenvalue weighted by Crippen LogP contribution is 2.39. The SMILES string of the molecule is CCOC(=O)C1=C(C)N=c2s/c(=C\c3cc(Cl)c(OCc4ccc5ccccc5c4)c(OCC)c3)c(=O)n2[C@H]1c1ccc(OCC(=O)OC)c(OCC)c1. The highest BCUT2D eigenvalue weighted by molar-refractivity contribution is 7.07. The van der Waals surface area contributed by atoms with Crippen LogP contribution in [-0.4, -0.2) is 50.0 Å². The molecule has 54 heavy (non-hydrogen) atoms. The van der Waals surface area contributed by atoms with Gasteiger partial charge in [-0.3, -0.25) is 9.36 Å². The van der Waals surface area contributed by atoms with Gasteiger partial charge in [-0.25, -0.2) is 14.6 Å². The molecular formula is C41H39ClN2O9S. The van der Waals surface area contributed by atoms with Gasteiger partial charge in [0.2, 0.25) is 0 Å². The van der Waals surface area contributed by atoms with Crippen LogP contribution in [0.15, 0.2) is 93.9 Å². The number of halogens is 1. The summed E-state index contributed by atoms with van der Waals surface area (Å²) in [6.45, 7) is 7.81. The number of methoxy groups -OCH3 is 1. The molecule has 0 saturated heterocycles. The first-order valence-corrected chi connectivity index (χ1v) is 18.6. The molecule has 5 aromatic rings. The van der Waals surface area contributed by atoms with Gasteiger partial charge in [-0.2, -0.15) is 0 Å². The van der Waals surface area contributed by atoms with Gasteiger partial charge in [0, 0.05) is 0 Å². The van der Waals surface area contributed by atoms with Crippen molar-refractivity contribution in [2.75, 3.05) is 33.5 Å². The molecule has 0 spiro atoms. The predicted octanol–water partition coefficient (Wildman–Crippen LogP) is 6.53. The number of aromatic nitrogens is 1.